The van der Waals surface area contributed by atoms with Crippen molar-refractivity contribution in [3.8, 4) is 23.0 Å². The van der Waals surface area contributed by atoms with Gasteiger partial charge in [0, 0.05) is 32.6 Å². The van der Waals surface area contributed by atoms with E-state index in [1.54, 1.807) is 14.2 Å². The van der Waals surface area contributed by atoms with Crippen LogP contribution in [0.15, 0.2) is 60.7 Å². The fraction of sp³-hybridized carbons (Fsp3) is 0.638. The Kier molecular flexibility index (Phi) is 36.5. The summed E-state index contributed by atoms with van der Waals surface area (Å²) in [6, 6.07) is 15.7. The molecule has 18 nitrogen and oxygen atoms in total. The van der Waals surface area contributed by atoms with Crippen molar-refractivity contribution >= 4 is 17.8 Å². The summed E-state index contributed by atoms with van der Waals surface area (Å²) in [4.78, 5) is 40.4. The molecule has 86 heavy (non-hydrogen) atoms. The maximum Gasteiger partial charge on any atom is 0.453 e. The van der Waals surface area contributed by atoms with Crippen molar-refractivity contribution in [3.63, 3.8) is 0 Å². The van der Waals surface area contributed by atoms with Crippen LogP contribution >= 0.6 is 0 Å². The number of hydrogen-bond acceptors (Lipinski definition) is 17. The summed E-state index contributed by atoms with van der Waals surface area (Å²) >= 11 is 0. The number of rotatable bonds is 50. The molecule has 3 aromatic carbocycles. The third kappa shape index (κ3) is 31.2. The van der Waals surface area contributed by atoms with Crippen LogP contribution in [0.4, 0.5) is 43.9 Å². The molecule has 0 fully saturated rings. The first-order chi connectivity index (χ1) is 41.2. The summed E-state index contributed by atoms with van der Waals surface area (Å²) in [7, 11) is 3.15. The SMILES string of the molecule is COCCOCCOCCOCCOc1cc(C(=O)NCCOc2cc(C(=O)OCCCCCCC(F)(F)C(F)(F)F)cc(C(=O)OCCCCCCC(F)(F)C(F)(F)F)c2)cc(OCCOCCOCCOCCOC)c1OCc1ccccc1. The van der Waals surface area contributed by atoms with Crippen molar-refractivity contribution < 1.29 is 125 Å². The van der Waals surface area contributed by atoms with Gasteiger partial charge in [-0.3, -0.25) is 4.79 Å². The number of carbonyl (C=O) groups excluding carboxylic acids is 3. The number of methoxy groups -OCH3 is 2. The fourth-order valence-corrected chi connectivity index (χ4v) is 7.32. The van der Waals surface area contributed by atoms with Crippen molar-refractivity contribution in [1.82, 2.24) is 5.32 Å². The summed E-state index contributed by atoms with van der Waals surface area (Å²) in [5, 5.41) is 2.73. The Bertz CT molecular complexity index is 2220. The van der Waals surface area contributed by atoms with Gasteiger partial charge in [-0.2, -0.15) is 43.9 Å². The van der Waals surface area contributed by atoms with Gasteiger partial charge in [0.2, 0.25) is 5.75 Å². The van der Waals surface area contributed by atoms with Crippen molar-refractivity contribution in [2.24, 2.45) is 0 Å². The topological polar surface area (TPSA) is 192 Å². The van der Waals surface area contributed by atoms with Gasteiger partial charge in [0.25, 0.3) is 5.91 Å². The molecule has 28 heteroatoms. The molecule has 0 saturated heterocycles. The molecule has 0 aliphatic rings. The van der Waals surface area contributed by atoms with E-state index in [-0.39, 0.29) is 151 Å². The van der Waals surface area contributed by atoms with E-state index in [9.17, 15) is 58.3 Å². The Hall–Kier alpha value is -5.75. The van der Waals surface area contributed by atoms with Gasteiger partial charge >= 0.3 is 36.1 Å². The molecule has 0 aliphatic carbocycles. The minimum Gasteiger partial charge on any atom is -0.492 e. The number of unbranched alkanes of at least 4 members (excludes halogenated alkanes) is 6. The van der Waals surface area contributed by atoms with Crippen LogP contribution in [-0.4, -0.2) is 188 Å². The number of nitrogens with one attached hydrogen (secondary N) is 1. The first kappa shape index (κ1) is 74.5. The Morgan fingerprint density at radius 3 is 1.21 bits per heavy atom. The van der Waals surface area contributed by atoms with Gasteiger partial charge in [-0.1, -0.05) is 56.0 Å². The summed E-state index contributed by atoms with van der Waals surface area (Å²) < 4.78 is 207. The lowest BCUT2D eigenvalue weighted by molar-refractivity contribution is -0.284. The molecule has 0 bridgehead atoms. The molecule has 0 heterocycles. The highest BCUT2D eigenvalue weighted by Crippen LogP contribution is 2.42. The largest absolute Gasteiger partial charge is 0.492 e. The second-order valence-electron chi connectivity index (χ2n) is 18.8. The number of hydrogen-bond donors (Lipinski definition) is 1. The Balaban J connectivity index is 1.75. The second-order valence-corrected chi connectivity index (χ2v) is 18.8. The Morgan fingerprint density at radius 2 is 0.802 bits per heavy atom. The molecule has 0 radical (unpaired) electrons. The zero-order chi connectivity index (χ0) is 62.9. The highest BCUT2D eigenvalue weighted by Gasteiger charge is 2.57. The molecule has 3 aromatic rings. The standard InChI is InChI=1S/C58H79F10NO17/c1-73-22-24-75-26-28-77-30-32-79-34-36-82-49-41-45(42-50(51(49)86-43-44-14-8-7-9-15-44)83-37-35-80-33-31-78-29-27-76-25-23-74-2)52(70)69-18-21-81-48-39-46(53(71)84-19-12-5-3-10-16-55(59,60)57(63,64)65)38-47(40-48)54(72)85-20-13-6-4-11-17-56(61,62)58(66,67)68/h7-9,14-15,38-42H,3-6,10-13,16-37,43H2,1-2H3,(H,69,70). The van der Waals surface area contributed by atoms with Crippen LogP contribution in [0.25, 0.3) is 0 Å². The molecular weight excluding hydrogens is 1170 g/mol. The molecule has 488 valence electrons. The number of carbonyl (C=O) groups is 3. The van der Waals surface area contributed by atoms with E-state index in [2.05, 4.69) is 5.32 Å². The van der Waals surface area contributed by atoms with Gasteiger partial charge in [-0.25, -0.2) is 9.59 Å². The van der Waals surface area contributed by atoms with Gasteiger partial charge in [0.15, 0.2) is 11.5 Å². The Labute approximate surface area is 493 Å². The van der Waals surface area contributed by atoms with Crippen LogP contribution in [0.2, 0.25) is 0 Å². The van der Waals surface area contributed by atoms with E-state index in [0.29, 0.717) is 66.1 Å². The van der Waals surface area contributed by atoms with Crippen molar-refractivity contribution in [3.05, 3.63) is 82.9 Å². The highest BCUT2D eigenvalue weighted by molar-refractivity contribution is 5.96. The monoisotopic (exact) mass is 1250 g/mol. The molecule has 3 rings (SSSR count). The maximum absolute atomic E-state index is 13.9. The molecule has 0 aliphatic heterocycles. The molecule has 0 atom stereocenters. The molecule has 0 aromatic heterocycles. The Morgan fingerprint density at radius 1 is 0.407 bits per heavy atom. The number of ether oxygens (including phenoxy) is 14. The minimum atomic E-state index is -5.68. The molecule has 0 unspecified atom stereocenters. The fourth-order valence-electron chi connectivity index (χ4n) is 7.32. The average Bonchev–Trinajstić information content (AvgIpc) is 3.58. The third-order valence-electron chi connectivity index (χ3n) is 11.9. The van der Waals surface area contributed by atoms with Crippen LogP contribution in [0.3, 0.4) is 0 Å². The lowest BCUT2D eigenvalue weighted by Crippen LogP contribution is -2.36. The van der Waals surface area contributed by atoms with Crippen LogP contribution in [0, 0.1) is 0 Å². The quantitative estimate of drug-likeness (QED) is 0.0318. The van der Waals surface area contributed by atoms with E-state index in [1.165, 1.54) is 24.3 Å². The van der Waals surface area contributed by atoms with Crippen LogP contribution < -0.4 is 24.3 Å². The smallest absolute Gasteiger partial charge is 0.453 e. The highest BCUT2D eigenvalue weighted by atomic mass is 19.4. The lowest BCUT2D eigenvalue weighted by Gasteiger charge is -2.19. The number of benzene rings is 3. The average molecular weight is 1250 g/mol. The van der Waals surface area contributed by atoms with Crippen LogP contribution in [-0.2, 0) is 54.0 Å². The van der Waals surface area contributed by atoms with Gasteiger partial charge in [0.05, 0.1) is 123 Å². The zero-order valence-electron chi connectivity index (χ0n) is 48.4. The molecular formula is C58H79F10NO17. The lowest BCUT2D eigenvalue weighted by atomic mass is 10.1. The number of esters is 2. The van der Waals surface area contributed by atoms with Gasteiger partial charge in [0.1, 0.15) is 32.2 Å². The molecule has 1 N–H and O–H groups in total. The first-order valence-electron chi connectivity index (χ1n) is 28.0. The van der Waals surface area contributed by atoms with E-state index < -0.39 is 67.7 Å². The van der Waals surface area contributed by atoms with Crippen LogP contribution in [0.5, 0.6) is 23.0 Å². The van der Waals surface area contributed by atoms with Crippen molar-refractivity contribution in [2.75, 3.05) is 146 Å². The predicted molar refractivity (Wildman–Crippen MR) is 290 cm³/mol. The maximum atomic E-state index is 13.9. The number of amides is 1. The second kappa shape index (κ2) is 42.2. The summed E-state index contributed by atoms with van der Waals surface area (Å²) in [5.74, 6) is -11.9. The number of alkyl halides is 10. The minimum absolute atomic E-state index is 0.0129. The van der Waals surface area contributed by atoms with Gasteiger partial charge < -0.3 is 71.6 Å². The predicted octanol–water partition coefficient (Wildman–Crippen LogP) is 10.8. The molecule has 0 saturated carbocycles. The van der Waals surface area contributed by atoms with Gasteiger partial charge in [-0.15, -0.1) is 0 Å². The van der Waals surface area contributed by atoms with E-state index in [4.69, 9.17) is 66.3 Å². The molecule has 0 spiro atoms. The first-order valence-corrected chi connectivity index (χ1v) is 28.0. The van der Waals surface area contributed by atoms with Gasteiger partial charge in [-0.05, 0) is 61.6 Å². The van der Waals surface area contributed by atoms with E-state index >= 15 is 0 Å². The van der Waals surface area contributed by atoms with Crippen molar-refractivity contribution in [1.29, 1.82) is 0 Å². The van der Waals surface area contributed by atoms with E-state index in [1.807, 2.05) is 30.3 Å². The van der Waals surface area contributed by atoms with Crippen molar-refractivity contribution in [2.45, 2.75) is 95.0 Å². The summed E-state index contributed by atoms with van der Waals surface area (Å²) in [6.07, 6.45) is -14.6. The molecule has 1 amide bonds. The van der Waals surface area contributed by atoms with E-state index in [0.717, 1.165) is 11.6 Å². The number of halogens is 10. The summed E-state index contributed by atoms with van der Waals surface area (Å²) in [6.45, 7) is 3.77. The summed E-state index contributed by atoms with van der Waals surface area (Å²) in [5.41, 5.74) is 0.442. The van der Waals surface area contributed by atoms with Crippen LogP contribution in [0.1, 0.15) is 101 Å². The normalized spacial score (nSPS) is 12.0. The third-order valence-corrected chi connectivity index (χ3v) is 11.9. The zero-order valence-corrected chi connectivity index (χ0v) is 48.4.